The number of likely N-dealkylation sites (tertiary alicyclic amines) is 1. The van der Waals surface area contributed by atoms with Crippen molar-refractivity contribution < 1.29 is 19.1 Å². The van der Waals surface area contributed by atoms with Crippen LogP contribution < -0.4 is 5.32 Å². The van der Waals surface area contributed by atoms with Crippen molar-refractivity contribution in [3.63, 3.8) is 0 Å². The number of benzene rings is 2. The van der Waals surface area contributed by atoms with Crippen molar-refractivity contribution in [2.75, 3.05) is 19.6 Å². The lowest BCUT2D eigenvalue weighted by Crippen LogP contribution is -2.37. The van der Waals surface area contributed by atoms with Gasteiger partial charge in [-0.05, 0) is 37.1 Å². The number of hydrogen-bond donors (Lipinski definition) is 1. The fourth-order valence-corrected chi connectivity index (χ4v) is 3.29. The number of rotatable bonds is 6. The normalized spacial score (nSPS) is 14.4. The van der Waals surface area contributed by atoms with Gasteiger partial charge < -0.3 is 15.0 Å². The molecule has 1 heterocycles. The number of hydrogen-bond acceptors (Lipinski definition) is 4. The zero-order valence-electron chi connectivity index (χ0n) is 15.3. The SMILES string of the molecule is O=C(CNC(=O)c1ccc(Br)cc1)OC(C(=O)N1CCCC1)c1ccccc1. The number of carbonyl (C=O) groups is 3. The Morgan fingerprint density at radius 3 is 2.29 bits per heavy atom. The van der Waals surface area contributed by atoms with Gasteiger partial charge in [-0.1, -0.05) is 46.3 Å². The van der Waals surface area contributed by atoms with E-state index in [0.717, 1.165) is 17.3 Å². The molecule has 2 amide bonds. The second kappa shape index (κ2) is 9.50. The third-order valence-electron chi connectivity index (χ3n) is 4.49. The average Bonchev–Trinajstić information content (AvgIpc) is 3.26. The molecule has 2 aromatic carbocycles. The maximum absolute atomic E-state index is 12.8. The Bertz CT molecular complexity index is 833. The van der Waals surface area contributed by atoms with E-state index in [9.17, 15) is 14.4 Å². The molecule has 0 bridgehead atoms. The maximum Gasteiger partial charge on any atom is 0.326 e. The molecule has 0 spiro atoms. The predicted octanol–water partition coefficient (Wildman–Crippen LogP) is 3.09. The van der Waals surface area contributed by atoms with Crippen LogP contribution >= 0.6 is 15.9 Å². The highest BCUT2D eigenvalue weighted by Crippen LogP contribution is 2.23. The molecule has 2 aromatic rings. The van der Waals surface area contributed by atoms with Crippen LogP contribution in [0.4, 0.5) is 0 Å². The lowest BCUT2D eigenvalue weighted by Gasteiger charge is -2.23. The molecule has 0 saturated carbocycles. The number of halogens is 1. The first-order valence-electron chi connectivity index (χ1n) is 9.11. The van der Waals surface area contributed by atoms with Crippen molar-refractivity contribution in [3.8, 4) is 0 Å². The fraction of sp³-hybridized carbons (Fsp3) is 0.286. The van der Waals surface area contributed by atoms with E-state index in [0.29, 0.717) is 24.2 Å². The Hall–Kier alpha value is -2.67. The Kier molecular flexibility index (Phi) is 6.81. The number of nitrogens with one attached hydrogen (secondary N) is 1. The third-order valence-corrected chi connectivity index (χ3v) is 5.02. The van der Waals surface area contributed by atoms with Gasteiger partial charge in [0.2, 0.25) is 6.10 Å². The first kappa shape index (κ1) is 20.1. The summed E-state index contributed by atoms with van der Waals surface area (Å²) in [5.74, 6) is -1.27. The quantitative estimate of drug-likeness (QED) is 0.694. The van der Waals surface area contributed by atoms with Gasteiger partial charge in [-0.25, -0.2) is 0 Å². The first-order chi connectivity index (χ1) is 13.5. The zero-order valence-corrected chi connectivity index (χ0v) is 16.9. The van der Waals surface area contributed by atoms with Crippen molar-refractivity contribution in [1.82, 2.24) is 10.2 Å². The van der Waals surface area contributed by atoms with Crippen molar-refractivity contribution in [1.29, 1.82) is 0 Å². The van der Waals surface area contributed by atoms with Crippen LogP contribution in [0.3, 0.4) is 0 Å². The molecule has 1 aliphatic rings. The molecule has 1 fully saturated rings. The van der Waals surface area contributed by atoms with E-state index in [1.54, 1.807) is 53.4 Å². The van der Waals surface area contributed by atoms with Crippen LogP contribution in [0.1, 0.15) is 34.9 Å². The van der Waals surface area contributed by atoms with Crippen LogP contribution in [0.25, 0.3) is 0 Å². The Balaban J connectivity index is 1.63. The van der Waals surface area contributed by atoms with Gasteiger partial charge in [0.15, 0.2) is 0 Å². The summed E-state index contributed by atoms with van der Waals surface area (Å²) in [5.41, 5.74) is 1.05. The number of carbonyl (C=O) groups excluding carboxylic acids is 3. The first-order valence-corrected chi connectivity index (χ1v) is 9.91. The topological polar surface area (TPSA) is 75.7 Å². The van der Waals surface area contributed by atoms with Crippen LogP contribution in [-0.4, -0.2) is 42.3 Å². The lowest BCUT2D eigenvalue weighted by atomic mass is 10.1. The Morgan fingerprint density at radius 1 is 1.00 bits per heavy atom. The van der Waals surface area contributed by atoms with Crippen LogP contribution in [0.5, 0.6) is 0 Å². The molecule has 1 unspecified atom stereocenters. The second-order valence-corrected chi connectivity index (χ2v) is 7.42. The van der Waals surface area contributed by atoms with Gasteiger partial charge in [0, 0.05) is 28.7 Å². The van der Waals surface area contributed by atoms with Crippen molar-refractivity contribution in [3.05, 3.63) is 70.2 Å². The van der Waals surface area contributed by atoms with Gasteiger partial charge in [-0.2, -0.15) is 0 Å². The van der Waals surface area contributed by atoms with Crippen molar-refractivity contribution >= 4 is 33.7 Å². The molecule has 0 aromatic heterocycles. The summed E-state index contributed by atoms with van der Waals surface area (Å²) in [6, 6.07) is 15.7. The summed E-state index contributed by atoms with van der Waals surface area (Å²) in [7, 11) is 0. The van der Waals surface area contributed by atoms with Gasteiger partial charge in [0.05, 0.1) is 0 Å². The molecule has 28 heavy (non-hydrogen) atoms. The maximum atomic E-state index is 12.8. The van der Waals surface area contributed by atoms with Crippen molar-refractivity contribution in [2.45, 2.75) is 18.9 Å². The Labute approximate surface area is 172 Å². The largest absolute Gasteiger partial charge is 0.446 e. The standard InChI is InChI=1S/C21H21BrN2O4/c22-17-10-8-16(9-11-17)20(26)23-14-18(25)28-19(15-6-2-1-3-7-15)21(27)24-12-4-5-13-24/h1-3,6-11,19H,4-5,12-14H2,(H,23,26). The van der Waals surface area contributed by atoms with Crippen LogP contribution in [-0.2, 0) is 14.3 Å². The monoisotopic (exact) mass is 444 g/mol. The van der Waals surface area contributed by atoms with Crippen LogP contribution in [0, 0.1) is 0 Å². The predicted molar refractivity (Wildman–Crippen MR) is 108 cm³/mol. The van der Waals surface area contributed by atoms with Crippen LogP contribution in [0.15, 0.2) is 59.1 Å². The number of nitrogens with zero attached hydrogens (tertiary/aromatic N) is 1. The van der Waals surface area contributed by atoms with Gasteiger partial charge in [0.1, 0.15) is 6.54 Å². The minimum Gasteiger partial charge on any atom is -0.446 e. The van der Waals surface area contributed by atoms with E-state index in [2.05, 4.69) is 21.2 Å². The van der Waals surface area contributed by atoms with E-state index in [4.69, 9.17) is 4.74 Å². The minimum atomic E-state index is -1.00. The number of amides is 2. The smallest absolute Gasteiger partial charge is 0.326 e. The van der Waals surface area contributed by atoms with Crippen LogP contribution in [0.2, 0.25) is 0 Å². The van der Waals surface area contributed by atoms with Gasteiger partial charge in [0.25, 0.3) is 11.8 Å². The molecule has 1 saturated heterocycles. The lowest BCUT2D eigenvalue weighted by molar-refractivity contribution is -0.159. The summed E-state index contributed by atoms with van der Waals surface area (Å²) in [6.45, 7) is 1.02. The molecule has 7 heteroatoms. The summed E-state index contributed by atoms with van der Waals surface area (Å²) >= 11 is 3.31. The highest BCUT2D eigenvalue weighted by molar-refractivity contribution is 9.10. The second-order valence-electron chi connectivity index (χ2n) is 6.50. The summed E-state index contributed by atoms with van der Waals surface area (Å²) in [4.78, 5) is 39.0. The molecule has 0 aliphatic carbocycles. The van der Waals surface area contributed by atoms with Gasteiger partial charge in [-0.3, -0.25) is 14.4 Å². The highest BCUT2D eigenvalue weighted by atomic mass is 79.9. The number of ether oxygens (including phenoxy) is 1. The van der Waals surface area contributed by atoms with E-state index in [1.165, 1.54) is 0 Å². The van der Waals surface area contributed by atoms with E-state index >= 15 is 0 Å². The van der Waals surface area contributed by atoms with Gasteiger partial charge in [-0.15, -0.1) is 0 Å². The molecular weight excluding hydrogens is 424 g/mol. The summed E-state index contributed by atoms with van der Waals surface area (Å²) in [6.07, 6.45) is 0.894. The molecule has 0 radical (unpaired) electrons. The van der Waals surface area contributed by atoms with Gasteiger partial charge >= 0.3 is 5.97 Å². The zero-order chi connectivity index (χ0) is 19.9. The molecule has 146 valence electrons. The molecule has 1 atom stereocenters. The van der Waals surface area contributed by atoms with E-state index < -0.39 is 12.1 Å². The summed E-state index contributed by atoms with van der Waals surface area (Å²) in [5, 5.41) is 2.53. The van der Waals surface area contributed by atoms with E-state index in [1.807, 2.05) is 6.07 Å². The average molecular weight is 445 g/mol. The molecule has 6 nitrogen and oxygen atoms in total. The molecular formula is C21H21BrN2O4. The molecule has 3 rings (SSSR count). The minimum absolute atomic E-state index is 0.226. The fourth-order valence-electron chi connectivity index (χ4n) is 3.02. The third kappa shape index (κ3) is 5.19. The summed E-state index contributed by atoms with van der Waals surface area (Å²) < 4.78 is 6.32. The van der Waals surface area contributed by atoms with E-state index in [-0.39, 0.29) is 18.4 Å². The number of esters is 1. The molecule has 1 N–H and O–H groups in total. The van der Waals surface area contributed by atoms with Crippen molar-refractivity contribution in [2.24, 2.45) is 0 Å². The molecule has 1 aliphatic heterocycles. The Morgan fingerprint density at radius 2 is 1.64 bits per heavy atom. The highest BCUT2D eigenvalue weighted by Gasteiger charge is 2.30.